The van der Waals surface area contributed by atoms with E-state index in [-0.39, 0.29) is 25.2 Å². The average molecular weight is 430 g/mol. The summed E-state index contributed by atoms with van der Waals surface area (Å²) in [5, 5.41) is 12.5. The standard InChI is InChI=1S/C23H32N4O4/c1-3-27(22(29)21(16-28)20-7-5-4-6-8-20)15-19-9-11-26(12-10-19)17-31-23(30)25-14-18(2)13-24/h4-12,18,21,28H,3,13-17,24H2,1-2H3/p+1. The summed E-state index contributed by atoms with van der Waals surface area (Å²) in [4.78, 5) is 26.4. The molecule has 8 heteroatoms. The Balaban J connectivity index is 1.91. The van der Waals surface area contributed by atoms with Crippen molar-refractivity contribution in [2.24, 2.45) is 11.7 Å². The first-order valence-corrected chi connectivity index (χ1v) is 10.5. The molecule has 8 nitrogen and oxygen atoms in total. The third kappa shape index (κ3) is 7.66. The molecule has 1 heterocycles. The molecule has 31 heavy (non-hydrogen) atoms. The molecule has 2 amide bonds. The molecule has 2 aromatic rings. The number of hydrogen-bond donors (Lipinski definition) is 3. The molecule has 168 valence electrons. The second-order valence-corrected chi connectivity index (χ2v) is 7.50. The van der Waals surface area contributed by atoms with E-state index in [1.807, 2.05) is 56.3 Å². The van der Waals surface area contributed by atoms with Gasteiger partial charge in [0.05, 0.1) is 12.5 Å². The molecule has 0 aliphatic rings. The zero-order valence-corrected chi connectivity index (χ0v) is 18.2. The molecule has 0 aliphatic heterocycles. The van der Waals surface area contributed by atoms with E-state index in [1.165, 1.54) is 0 Å². The normalized spacial score (nSPS) is 12.6. The van der Waals surface area contributed by atoms with Crippen LogP contribution in [-0.4, -0.2) is 48.2 Å². The van der Waals surface area contributed by atoms with Crippen LogP contribution in [0.4, 0.5) is 4.79 Å². The number of nitrogens with zero attached hydrogens (tertiary/aromatic N) is 2. The third-order valence-electron chi connectivity index (χ3n) is 5.05. The summed E-state index contributed by atoms with van der Waals surface area (Å²) < 4.78 is 6.91. The molecule has 0 saturated carbocycles. The Bertz CT molecular complexity index is 814. The number of carbonyl (C=O) groups is 2. The fourth-order valence-electron chi connectivity index (χ4n) is 3.00. The maximum absolute atomic E-state index is 13.0. The average Bonchev–Trinajstić information content (AvgIpc) is 2.81. The maximum Gasteiger partial charge on any atom is 0.412 e. The molecule has 0 bridgehead atoms. The predicted octanol–water partition coefficient (Wildman–Crippen LogP) is 1.38. The Morgan fingerprint density at radius 2 is 1.87 bits per heavy atom. The van der Waals surface area contributed by atoms with Crippen LogP contribution in [0.1, 0.15) is 30.9 Å². The van der Waals surface area contributed by atoms with Crippen LogP contribution in [0, 0.1) is 5.92 Å². The quantitative estimate of drug-likeness (QED) is 0.468. The number of nitrogens with one attached hydrogen (secondary N) is 1. The number of nitrogens with two attached hydrogens (primary N) is 1. The van der Waals surface area contributed by atoms with Crippen LogP contribution in [0.5, 0.6) is 0 Å². The molecular formula is C23H33N4O4+. The lowest BCUT2D eigenvalue weighted by Gasteiger charge is -2.25. The number of rotatable bonds is 11. The molecule has 0 radical (unpaired) electrons. The summed E-state index contributed by atoms with van der Waals surface area (Å²) in [5.41, 5.74) is 7.26. The number of aromatic nitrogens is 1. The zero-order chi connectivity index (χ0) is 22.6. The third-order valence-corrected chi connectivity index (χ3v) is 5.05. The minimum Gasteiger partial charge on any atom is -0.395 e. The fourth-order valence-corrected chi connectivity index (χ4v) is 3.00. The first kappa shape index (κ1) is 24.3. The molecule has 1 aromatic heterocycles. The fraction of sp³-hybridized carbons (Fsp3) is 0.435. The molecule has 0 aliphatic carbocycles. The van der Waals surface area contributed by atoms with Crippen molar-refractivity contribution in [2.75, 3.05) is 26.2 Å². The van der Waals surface area contributed by atoms with Gasteiger partial charge >= 0.3 is 6.09 Å². The van der Waals surface area contributed by atoms with Gasteiger partial charge in [-0.15, -0.1) is 0 Å². The Labute approximate surface area is 183 Å². The van der Waals surface area contributed by atoms with Crippen molar-refractivity contribution in [3.63, 3.8) is 0 Å². The van der Waals surface area contributed by atoms with Crippen molar-refractivity contribution in [3.8, 4) is 0 Å². The number of pyridine rings is 1. The van der Waals surface area contributed by atoms with E-state index in [0.29, 0.717) is 26.2 Å². The van der Waals surface area contributed by atoms with Gasteiger partial charge in [0.2, 0.25) is 5.91 Å². The van der Waals surface area contributed by atoms with E-state index >= 15 is 0 Å². The summed E-state index contributed by atoms with van der Waals surface area (Å²) in [7, 11) is 0. The van der Waals surface area contributed by atoms with Crippen molar-refractivity contribution in [1.29, 1.82) is 0 Å². The lowest BCUT2D eigenvalue weighted by molar-refractivity contribution is -0.727. The molecule has 2 unspecified atom stereocenters. The highest BCUT2D eigenvalue weighted by Crippen LogP contribution is 2.19. The van der Waals surface area contributed by atoms with Gasteiger partial charge in [-0.25, -0.2) is 4.79 Å². The number of hydrogen-bond acceptors (Lipinski definition) is 5. The minimum absolute atomic E-state index is 0.0835. The van der Waals surface area contributed by atoms with Crippen LogP contribution >= 0.6 is 0 Å². The Hall–Kier alpha value is -2.97. The molecule has 0 saturated heterocycles. The molecule has 2 atom stereocenters. The number of ether oxygens (including phenoxy) is 1. The molecular weight excluding hydrogens is 396 g/mol. The zero-order valence-electron chi connectivity index (χ0n) is 18.2. The Morgan fingerprint density at radius 3 is 2.45 bits per heavy atom. The van der Waals surface area contributed by atoms with Gasteiger partial charge in [0.15, 0.2) is 12.4 Å². The summed E-state index contributed by atoms with van der Waals surface area (Å²) in [6, 6.07) is 13.1. The minimum atomic E-state index is -0.580. The van der Waals surface area contributed by atoms with Gasteiger partial charge in [-0.2, -0.15) is 4.57 Å². The van der Waals surface area contributed by atoms with E-state index in [4.69, 9.17) is 10.5 Å². The second kappa shape index (κ2) is 12.7. The van der Waals surface area contributed by atoms with Gasteiger partial charge in [-0.05, 0) is 30.5 Å². The monoisotopic (exact) mass is 429 g/mol. The van der Waals surface area contributed by atoms with Crippen LogP contribution in [-0.2, 0) is 22.8 Å². The summed E-state index contributed by atoms with van der Waals surface area (Å²) in [5.74, 6) is -0.501. The molecule has 0 spiro atoms. The first-order chi connectivity index (χ1) is 15.0. The van der Waals surface area contributed by atoms with Gasteiger partial charge in [-0.3, -0.25) is 4.79 Å². The largest absolute Gasteiger partial charge is 0.412 e. The molecule has 2 rings (SSSR count). The lowest BCUT2D eigenvalue weighted by atomic mass is 9.98. The van der Waals surface area contributed by atoms with Crippen molar-refractivity contribution in [2.45, 2.75) is 33.0 Å². The number of amides is 2. The highest BCUT2D eigenvalue weighted by molar-refractivity contribution is 5.83. The van der Waals surface area contributed by atoms with Crippen LogP contribution in [0.15, 0.2) is 54.9 Å². The second-order valence-electron chi connectivity index (χ2n) is 7.50. The Kier molecular flexibility index (Phi) is 9.93. The molecule has 1 aromatic carbocycles. The highest BCUT2D eigenvalue weighted by Gasteiger charge is 2.24. The number of benzene rings is 1. The topological polar surface area (TPSA) is 109 Å². The van der Waals surface area contributed by atoms with Crippen LogP contribution < -0.4 is 15.6 Å². The number of aliphatic hydroxyl groups excluding tert-OH is 1. The van der Waals surface area contributed by atoms with E-state index in [0.717, 1.165) is 11.1 Å². The highest BCUT2D eigenvalue weighted by atomic mass is 16.6. The van der Waals surface area contributed by atoms with Gasteiger partial charge in [0.25, 0.3) is 6.73 Å². The summed E-state index contributed by atoms with van der Waals surface area (Å²) >= 11 is 0. The van der Waals surface area contributed by atoms with E-state index in [1.54, 1.807) is 21.9 Å². The van der Waals surface area contributed by atoms with E-state index in [9.17, 15) is 14.7 Å². The van der Waals surface area contributed by atoms with Crippen LogP contribution in [0.25, 0.3) is 0 Å². The first-order valence-electron chi connectivity index (χ1n) is 10.5. The summed E-state index contributed by atoms with van der Waals surface area (Å²) in [6.45, 7) is 5.63. The van der Waals surface area contributed by atoms with Gasteiger partial charge in [0.1, 0.15) is 0 Å². The molecule has 4 N–H and O–H groups in total. The van der Waals surface area contributed by atoms with Crippen LogP contribution in [0.2, 0.25) is 0 Å². The predicted molar refractivity (Wildman–Crippen MR) is 117 cm³/mol. The smallest absolute Gasteiger partial charge is 0.395 e. The van der Waals surface area contributed by atoms with Crippen molar-refractivity contribution < 1.29 is 24.0 Å². The van der Waals surface area contributed by atoms with Gasteiger partial charge < -0.3 is 25.8 Å². The van der Waals surface area contributed by atoms with Crippen molar-refractivity contribution >= 4 is 12.0 Å². The number of aliphatic hydroxyl groups is 1. The Morgan fingerprint density at radius 1 is 1.19 bits per heavy atom. The van der Waals surface area contributed by atoms with Gasteiger partial charge in [-0.1, -0.05) is 37.3 Å². The van der Waals surface area contributed by atoms with E-state index in [2.05, 4.69) is 5.32 Å². The van der Waals surface area contributed by atoms with Crippen molar-refractivity contribution in [3.05, 3.63) is 66.0 Å². The number of alkyl carbamates (subject to hydrolysis) is 1. The van der Waals surface area contributed by atoms with Crippen LogP contribution in [0.3, 0.4) is 0 Å². The maximum atomic E-state index is 13.0. The lowest BCUT2D eigenvalue weighted by Crippen LogP contribution is -2.39. The van der Waals surface area contributed by atoms with Crippen molar-refractivity contribution in [1.82, 2.24) is 10.2 Å². The molecule has 0 fully saturated rings. The van der Waals surface area contributed by atoms with Gasteiger partial charge in [0, 0.05) is 31.8 Å². The summed E-state index contributed by atoms with van der Waals surface area (Å²) in [6.07, 6.45) is 3.10. The van der Waals surface area contributed by atoms with E-state index < -0.39 is 12.0 Å². The SMILES string of the molecule is CCN(Cc1cc[n+](COC(=O)NCC(C)CN)cc1)C(=O)C(CO)c1ccccc1. The number of likely N-dealkylation sites (N-methyl/N-ethyl adjacent to an activating group) is 1. The number of carbonyl (C=O) groups excluding carboxylic acids is 2.